The van der Waals surface area contributed by atoms with Crippen LogP contribution in [0.5, 0.6) is 0 Å². The molecule has 1 aliphatic heterocycles. The zero-order valence-electron chi connectivity index (χ0n) is 20.2. The van der Waals surface area contributed by atoms with Gasteiger partial charge in [-0.05, 0) is 92.4 Å². The van der Waals surface area contributed by atoms with Crippen LogP contribution < -0.4 is 11.5 Å². The first kappa shape index (κ1) is 23.2. The molecule has 33 heavy (non-hydrogen) atoms. The van der Waals surface area contributed by atoms with Crippen LogP contribution in [0.4, 0.5) is 0 Å². The van der Waals surface area contributed by atoms with E-state index in [2.05, 4.69) is 18.8 Å². The summed E-state index contributed by atoms with van der Waals surface area (Å²) in [5.41, 5.74) is 11.4. The first-order valence-corrected chi connectivity index (χ1v) is 12.9. The van der Waals surface area contributed by atoms with Gasteiger partial charge in [-0.15, -0.1) is 0 Å². The third kappa shape index (κ3) is 3.61. The second-order valence-electron chi connectivity index (χ2n) is 11.9. The fourth-order valence-corrected chi connectivity index (χ4v) is 8.92. The van der Waals surface area contributed by atoms with Crippen molar-refractivity contribution in [2.45, 2.75) is 83.3 Å². The standard InChI is InChI=1S/C26H41N3O4/c1-24-8-5-18(32-12-11-29-23(27)28)14-17(24)3-4-21-20(24)6-9-25(2)19(7-10-26(21,25)31)16-13-22(30)33-15-16/h13,17-21,31H,3-12,14-15H2,1-2H3,(H4,27,28,29)/t17-,18+,19-,20+,21-,24+,25-,26+/m1/s1. The van der Waals surface area contributed by atoms with Crippen molar-refractivity contribution in [3.05, 3.63) is 11.6 Å². The van der Waals surface area contributed by atoms with E-state index in [0.717, 1.165) is 50.5 Å². The molecule has 7 heteroatoms. The highest BCUT2D eigenvalue weighted by Crippen LogP contribution is 2.70. The third-order valence-corrected chi connectivity index (χ3v) is 10.7. The van der Waals surface area contributed by atoms with Crippen LogP contribution in [-0.2, 0) is 14.3 Å². The minimum Gasteiger partial charge on any atom is -0.458 e. The average molecular weight is 460 g/mol. The molecule has 4 aliphatic carbocycles. The van der Waals surface area contributed by atoms with Gasteiger partial charge in [0.15, 0.2) is 5.96 Å². The number of carbonyl (C=O) groups excluding carboxylic acids is 1. The maximum Gasteiger partial charge on any atom is 0.331 e. The highest BCUT2D eigenvalue weighted by Gasteiger charge is 2.67. The number of hydrogen-bond donors (Lipinski definition) is 3. The minimum atomic E-state index is -0.644. The molecule has 0 spiro atoms. The number of esters is 1. The Balaban J connectivity index is 1.29. The molecule has 0 aromatic rings. The number of cyclic esters (lactones) is 1. The van der Waals surface area contributed by atoms with Crippen LogP contribution in [0.2, 0.25) is 0 Å². The molecule has 0 amide bonds. The molecule has 5 aliphatic rings. The molecule has 184 valence electrons. The lowest BCUT2D eigenvalue weighted by Crippen LogP contribution is -2.62. The number of fused-ring (bicyclic) bond motifs is 5. The predicted octanol–water partition coefficient (Wildman–Crippen LogP) is 2.90. The average Bonchev–Trinajstić information content (AvgIpc) is 3.31. The van der Waals surface area contributed by atoms with E-state index in [0.29, 0.717) is 37.5 Å². The van der Waals surface area contributed by atoms with Gasteiger partial charge in [-0.1, -0.05) is 13.8 Å². The molecule has 8 atom stereocenters. The van der Waals surface area contributed by atoms with Crippen molar-refractivity contribution in [3.63, 3.8) is 0 Å². The Kier molecular flexibility index (Phi) is 5.80. The smallest absolute Gasteiger partial charge is 0.331 e. The molecule has 1 heterocycles. The highest BCUT2D eigenvalue weighted by atomic mass is 16.5. The molecule has 0 bridgehead atoms. The summed E-state index contributed by atoms with van der Waals surface area (Å²) in [5, 5.41) is 12.3. The SMILES string of the molecule is C[C@]12CC[C@H](OCCN=C(N)N)C[C@H]1CC[C@@H]1[C@@H]2CC[C@]2(C)[C@@H](C3=CC(=O)OC3)CC[C@]12O. The van der Waals surface area contributed by atoms with Gasteiger partial charge in [0.05, 0.1) is 24.9 Å². The monoisotopic (exact) mass is 459 g/mol. The molecule has 0 aromatic carbocycles. The maximum atomic E-state index is 12.3. The van der Waals surface area contributed by atoms with Gasteiger partial charge in [0.1, 0.15) is 6.61 Å². The van der Waals surface area contributed by atoms with Crippen molar-refractivity contribution in [2.75, 3.05) is 19.8 Å². The maximum absolute atomic E-state index is 12.3. The van der Waals surface area contributed by atoms with Crippen molar-refractivity contribution in [1.82, 2.24) is 0 Å². The Hall–Kier alpha value is -1.60. The second kappa shape index (κ2) is 8.26. The summed E-state index contributed by atoms with van der Waals surface area (Å²) in [6.07, 6.45) is 11.6. The fourth-order valence-electron chi connectivity index (χ4n) is 8.92. The van der Waals surface area contributed by atoms with Crippen LogP contribution in [0.1, 0.15) is 71.6 Å². The van der Waals surface area contributed by atoms with Crippen LogP contribution >= 0.6 is 0 Å². The number of aliphatic imine (C=N–C) groups is 1. The van der Waals surface area contributed by atoms with E-state index in [9.17, 15) is 9.90 Å². The number of nitrogens with two attached hydrogens (primary N) is 2. The molecule has 4 saturated carbocycles. The van der Waals surface area contributed by atoms with Crippen LogP contribution in [0.3, 0.4) is 0 Å². The number of nitrogens with zero attached hydrogens (tertiary/aromatic N) is 1. The van der Waals surface area contributed by atoms with Crippen LogP contribution in [0.25, 0.3) is 0 Å². The van der Waals surface area contributed by atoms with Crippen LogP contribution in [0.15, 0.2) is 16.6 Å². The summed E-state index contributed by atoms with van der Waals surface area (Å²) >= 11 is 0. The van der Waals surface area contributed by atoms with Crippen LogP contribution in [-0.4, -0.2) is 48.5 Å². The van der Waals surface area contributed by atoms with Gasteiger partial charge in [-0.2, -0.15) is 0 Å². The van der Waals surface area contributed by atoms with Gasteiger partial charge in [0, 0.05) is 11.5 Å². The zero-order chi connectivity index (χ0) is 23.4. The van der Waals surface area contributed by atoms with Gasteiger partial charge >= 0.3 is 5.97 Å². The summed E-state index contributed by atoms with van der Waals surface area (Å²) in [7, 11) is 0. The van der Waals surface area contributed by atoms with Crippen molar-refractivity contribution in [1.29, 1.82) is 0 Å². The molecular weight excluding hydrogens is 418 g/mol. The second-order valence-corrected chi connectivity index (χ2v) is 11.9. The summed E-state index contributed by atoms with van der Waals surface area (Å²) in [5.74, 6) is 1.71. The lowest BCUT2D eigenvalue weighted by molar-refractivity contribution is -0.209. The normalized spacial score (nSPS) is 46.6. The van der Waals surface area contributed by atoms with E-state index in [-0.39, 0.29) is 34.8 Å². The Morgan fingerprint density at radius 3 is 2.70 bits per heavy atom. The number of ether oxygens (including phenoxy) is 2. The Morgan fingerprint density at radius 2 is 1.97 bits per heavy atom. The molecule has 5 N–H and O–H groups in total. The lowest BCUT2D eigenvalue weighted by Gasteiger charge is -2.63. The van der Waals surface area contributed by atoms with E-state index in [1.54, 1.807) is 6.08 Å². The molecular formula is C26H41N3O4. The molecule has 0 saturated heterocycles. The van der Waals surface area contributed by atoms with Gasteiger partial charge in [-0.3, -0.25) is 4.99 Å². The zero-order valence-corrected chi connectivity index (χ0v) is 20.2. The van der Waals surface area contributed by atoms with E-state index >= 15 is 0 Å². The van der Waals surface area contributed by atoms with E-state index in [1.165, 1.54) is 12.8 Å². The summed E-state index contributed by atoms with van der Waals surface area (Å²) in [6, 6.07) is 0. The van der Waals surface area contributed by atoms with Crippen molar-refractivity contribution in [2.24, 2.45) is 51.0 Å². The molecule has 5 rings (SSSR count). The largest absolute Gasteiger partial charge is 0.458 e. The van der Waals surface area contributed by atoms with E-state index in [4.69, 9.17) is 20.9 Å². The number of guanidine groups is 1. The van der Waals surface area contributed by atoms with Crippen molar-refractivity contribution < 1.29 is 19.4 Å². The van der Waals surface area contributed by atoms with Gasteiger partial charge in [0.2, 0.25) is 0 Å². The molecule has 0 unspecified atom stereocenters. The summed E-state index contributed by atoms with van der Waals surface area (Å²) in [4.78, 5) is 15.8. The van der Waals surface area contributed by atoms with E-state index < -0.39 is 5.60 Å². The highest BCUT2D eigenvalue weighted by molar-refractivity contribution is 5.85. The number of carbonyl (C=O) groups is 1. The fraction of sp³-hybridized carbons (Fsp3) is 0.846. The minimum absolute atomic E-state index is 0.118. The quantitative estimate of drug-likeness (QED) is 0.252. The van der Waals surface area contributed by atoms with Gasteiger partial charge in [-0.25, -0.2) is 4.79 Å². The Morgan fingerprint density at radius 1 is 1.15 bits per heavy atom. The number of hydrogen-bond acceptors (Lipinski definition) is 5. The van der Waals surface area contributed by atoms with Gasteiger partial charge in [0.25, 0.3) is 0 Å². The molecule has 0 aromatic heterocycles. The first-order chi connectivity index (χ1) is 15.7. The molecule has 7 nitrogen and oxygen atoms in total. The molecule has 4 fully saturated rings. The van der Waals surface area contributed by atoms with Crippen LogP contribution in [0, 0.1) is 34.5 Å². The lowest BCUT2D eigenvalue weighted by atomic mass is 9.43. The Labute approximate surface area is 197 Å². The third-order valence-electron chi connectivity index (χ3n) is 10.7. The topological polar surface area (TPSA) is 120 Å². The summed E-state index contributed by atoms with van der Waals surface area (Å²) in [6.45, 7) is 6.29. The van der Waals surface area contributed by atoms with Gasteiger partial charge < -0.3 is 26.0 Å². The van der Waals surface area contributed by atoms with Crippen molar-refractivity contribution >= 4 is 11.9 Å². The summed E-state index contributed by atoms with van der Waals surface area (Å²) < 4.78 is 11.4. The number of aliphatic hydroxyl groups is 1. The number of rotatable bonds is 5. The van der Waals surface area contributed by atoms with E-state index in [1.807, 2.05) is 0 Å². The van der Waals surface area contributed by atoms with Crippen molar-refractivity contribution in [3.8, 4) is 0 Å². The molecule has 0 radical (unpaired) electrons. The Bertz CT molecular complexity index is 854. The first-order valence-electron chi connectivity index (χ1n) is 12.9. The predicted molar refractivity (Wildman–Crippen MR) is 126 cm³/mol.